The van der Waals surface area contributed by atoms with E-state index in [0.717, 1.165) is 18.4 Å². The quantitative estimate of drug-likeness (QED) is 0.455. The Labute approximate surface area is 192 Å². The van der Waals surface area contributed by atoms with Gasteiger partial charge in [0.25, 0.3) is 11.8 Å². The summed E-state index contributed by atoms with van der Waals surface area (Å²) in [7, 11) is 0. The first kappa shape index (κ1) is 24.2. The number of halogens is 3. The Morgan fingerprint density at radius 1 is 1.17 bits per heavy atom. The zero-order chi connectivity index (χ0) is 22.1. The van der Waals surface area contributed by atoms with Crippen LogP contribution in [0.4, 0.5) is 0 Å². The minimum Gasteiger partial charge on any atom is -0.454 e. The van der Waals surface area contributed by atoms with Crippen molar-refractivity contribution in [1.82, 2.24) is 10.6 Å². The van der Waals surface area contributed by atoms with Crippen LogP contribution in [-0.4, -0.2) is 37.5 Å². The van der Waals surface area contributed by atoms with E-state index in [1.54, 1.807) is 18.2 Å². The van der Waals surface area contributed by atoms with Gasteiger partial charge < -0.3 is 19.8 Å². The van der Waals surface area contributed by atoms with Gasteiger partial charge in [0.2, 0.25) is 0 Å². The number of ether oxygens (including phenoxy) is 1. The Bertz CT molecular complexity index is 903. The molecule has 30 heavy (non-hydrogen) atoms. The highest BCUT2D eigenvalue weighted by molar-refractivity contribution is 9.10. The average molecular weight is 520 g/mol. The minimum atomic E-state index is -0.741. The van der Waals surface area contributed by atoms with Crippen molar-refractivity contribution in [1.29, 1.82) is 0 Å². The van der Waals surface area contributed by atoms with E-state index in [1.165, 1.54) is 6.07 Å². The van der Waals surface area contributed by atoms with Crippen LogP contribution in [0.15, 0.2) is 39.4 Å². The van der Waals surface area contributed by atoms with Crippen LogP contribution in [0.3, 0.4) is 0 Å². The number of amides is 2. The summed E-state index contributed by atoms with van der Waals surface area (Å²) in [5.74, 6) is -1.70. The zero-order valence-electron chi connectivity index (χ0n) is 16.2. The molecule has 1 atom stereocenters. The second kappa shape index (κ2) is 12.0. The van der Waals surface area contributed by atoms with Crippen LogP contribution in [0.2, 0.25) is 10.0 Å². The van der Waals surface area contributed by atoms with Crippen molar-refractivity contribution in [2.24, 2.45) is 0 Å². The lowest BCUT2D eigenvalue weighted by Gasteiger charge is -2.19. The van der Waals surface area contributed by atoms with Gasteiger partial charge in [-0.3, -0.25) is 14.4 Å². The van der Waals surface area contributed by atoms with Gasteiger partial charge in [-0.25, -0.2) is 0 Å². The molecule has 2 N–H and O–H groups in total. The van der Waals surface area contributed by atoms with Gasteiger partial charge >= 0.3 is 5.97 Å². The number of rotatable bonds is 10. The van der Waals surface area contributed by atoms with Crippen LogP contribution < -0.4 is 10.6 Å². The molecular weight excluding hydrogens is 499 g/mol. The van der Waals surface area contributed by atoms with Gasteiger partial charge in [0.15, 0.2) is 17.0 Å². The van der Waals surface area contributed by atoms with Gasteiger partial charge in [-0.1, -0.05) is 42.6 Å². The summed E-state index contributed by atoms with van der Waals surface area (Å²) in [6.07, 6.45) is 1.72. The van der Waals surface area contributed by atoms with Crippen LogP contribution in [0.5, 0.6) is 0 Å². The Balaban J connectivity index is 1.75. The summed E-state index contributed by atoms with van der Waals surface area (Å²) in [5.41, 5.74) is 0.896. The molecular formula is C20H21BrCl2N2O5. The Morgan fingerprint density at radius 3 is 2.57 bits per heavy atom. The highest BCUT2D eigenvalue weighted by Gasteiger charge is 2.17. The number of esters is 1. The number of benzene rings is 1. The number of furan rings is 1. The van der Waals surface area contributed by atoms with Crippen molar-refractivity contribution in [2.45, 2.75) is 25.7 Å². The first-order valence-corrected chi connectivity index (χ1v) is 10.8. The lowest BCUT2D eigenvalue weighted by atomic mass is 9.94. The van der Waals surface area contributed by atoms with Crippen LogP contribution in [0, 0.1) is 0 Å². The van der Waals surface area contributed by atoms with E-state index in [9.17, 15) is 14.4 Å². The third kappa shape index (κ3) is 7.66. The number of hydrogen-bond acceptors (Lipinski definition) is 5. The van der Waals surface area contributed by atoms with Gasteiger partial charge in [0.05, 0.1) is 0 Å². The molecule has 2 aromatic rings. The molecule has 0 fully saturated rings. The molecule has 0 spiro atoms. The summed E-state index contributed by atoms with van der Waals surface area (Å²) >= 11 is 15.3. The van der Waals surface area contributed by atoms with Crippen molar-refractivity contribution >= 4 is 56.9 Å². The van der Waals surface area contributed by atoms with Gasteiger partial charge in [0, 0.05) is 22.5 Å². The standard InChI is InChI=1S/C20H21BrCl2N2O5/c1-2-3-12(14-5-4-13(22)8-15(14)23)9-24-18(26)11-29-19(27)10-25-20(28)16-6-7-17(21)30-16/h4-8,12H,2-3,9-11H2,1H3,(H,24,26)(H,25,28). The Kier molecular flexibility index (Phi) is 9.68. The Morgan fingerprint density at radius 2 is 1.93 bits per heavy atom. The van der Waals surface area contributed by atoms with E-state index in [0.29, 0.717) is 21.3 Å². The smallest absolute Gasteiger partial charge is 0.325 e. The molecule has 0 aliphatic carbocycles. The normalized spacial score (nSPS) is 11.6. The topological polar surface area (TPSA) is 97.6 Å². The first-order valence-electron chi connectivity index (χ1n) is 9.21. The maximum atomic E-state index is 12.0. The predicted molar refractivity (Wildman–Crippen MR) is 117 cm³/mol. The number of carbonyl (C=O) groups excluding carboxylic acids is 3. The van der Waals surface area contributed by atoms with Crippen molar-refractivity contribution in [3.05, 3.63) is 56.4 Å². The fourth-order valence-electron chi connectivity index (χ4n) is 2.71. The maximum Gasteiger partial charge on any atom is 0.325 e. The monoisotopic (exact) mass is 518 g/mol. The van der Waals surface area contributed by atoms with Crippen molar-refractivity contribution < 1.29 is 23.5 Å². The molecule has 1 unspecified atom stereocenters. The average Bonchev–Trinajstić information content (AvgIpc) is 3.14. The number of hydrogen-bond donors (Lipinski definition) is 2. The molecule has 7 nitrogen and oxygen atoms in total. The van der Waals surface area contributed by atoms with E-state index in [4.69, 9.17) is 32.4 Å². The highest BCUT2D eigenvalue weighted by atomic mass is 79.9. The summed E-state index contributed by atoms with van der Waals surface area (Å²) in [4.78, 5) is 35.6. The molecule has 0 saturated heterocycles. The number of carbonyl (C=O) groups is 3. The lowest BCUT2D eigenvalue weighted by molar-refractivity contribution is -0.147. The van der Waals surface area contributed by atoms with Gasteiger partial charge in [-0.05, 0) is 52.2 Å². The van der Waals surface area contributed by atoms with E-state index >= 15 is 0 Å². The molecule has 2 amide bonds. The largest absolute Gasteiger partial charge is 0.454 e. The molecule has 0 bridgehead atoms. The molecule has 1 aromatic heterocycles. The second-order valence-corrected chi connectivity index (χ2v) is 8.03. The molecule has 0 saturated carbocycles. The van der Waals surface area contributed by atoms with E-state index in [-0.39, 0.29) is 18.2 Å². The van der Waals surface area contributed by atoms with Crippen LogP contribution in [-0.2, 0) is 14.3 Å². The molecule has 10 heteroatoms. The minimum absolute atomic E-state index is 0.00586. The molecule has 2 rings (SSSR count). The summed E-state index contributed by atoms with van der Waals surface area (Å²) in [5, 5.41) is 6.18. The van der Waals surface area contributed by atoms with Crippen LogP contribution in [0.1, 0.15) is 41.8 Å². The van der Waals surface area contributed by atoms with Gasteiger partial charge in [-0.2, -0.15) is 0 Å². The van der Waals surface area contributed by atoms with Crippen molar-refractivity contribution in [3.63, 3.8) is 0 Å². The molecule has 0 aliphatic heterocycles. The molecule has 0 aliphatic rings. The lowest BCUT2D eigenvalue weighted by Crippen LogP contribution is -2.35. The molecule has 1 aromatic carbocycles. The highest BCUT2D eigenvalue weighted by Crippen LogP contribution is 2.30. The van der Waals surface area contributed by atoms with E-state index in [1.807, 2.05) is 13.0 Å². The predicted octanol–water partition coefficient (Wildman–Crippen LogP) is 4.32. The summed E-state index contributed by atoms with van der Waals surface area (Å²) < 4.78 is 10.4. The van der Waals surface area contributed by atoms with Gasteiger partial charge in [-0.15, -0.1) is 0 Å². The maximum absolute atomic E-state index is 12.0. The van der Waals surface area contributed by atoms with E-state index < -0.39 is 24.4 Å². The molecule has 1 heterocycles. The SMILES string of the molecule is CCCC(CNC(=O)COC(=O)CNC(=O)c1ccc(Br)o1)c1ccc(Cl)cc1Cl. The third-order valence-corrected chi connectivity index (χ3v) is 5.13. The van der Waals surface area contributed by atoms with Crippen molar-refractivity contribution in [3.8, 4) is 0 Å². The molecule has 162 valence electrons. The Hall–Kier alpha value is -2.03. The van der Waals surface area contributed by atoms with Gasteiger partial charge in [0.1, 0.15) is 6.54 Å². The van der Waals surface area contributed by atoms with Crippen LogP contribution >= 0.6 is 39.1 Å². The van der Waals surface area contributed by atoms with Crippen molar-refractivity contribution in [2.75, 3.05) is 19.7 Å². The third-order valence-electron chi connectivity index (χ3n) is 4.14. The van der Waals surface area contributed by atoms with E-state index in [2.05, 4.69) is 26.6 Å². The second-order valence-electron chi connectivity index (χ2n) is 6.40. The summed E-state index contributed by atoms with van der Waals surface area (Å²) in [6.45, 7) is 1.54. The zero-order valence-corrected chi connectivity index (χ0v) is 19.3. The fourth-order valence-corrected chi connectivity index (χ4v) is 3.58. The van der Waals surface area contributed by atoms with Crippen LogP contribution in [0.25, 0.3) is 0 Å². The number of nitrogens with one attached hydrogen (secondary N) is 2. The summed E-state index contributed by atoms with van der Waals surface area (Å²) in [6, 6.07) is 8.28. The first-order chi connectivity index (χ1) is 14.3. The molecule has 0 radical (unpaired) electrons. The fraction of sp³-hybridized carbons (Fsp3) is 0.350.